The predicted molar refractivity (Wildman–Crippen MR) is 53.0 cm³/mol. The molecule has 0 heterocycles. The summed E-state index contributed by atoms with van der Waals surface area (Å²) in [6.07, 6.45) is -0.0302. The molecule has 5 N–H and O–H groups in total. The Morgan fingerprint density at radius 1 is 0.933 bits per heavy atom. The molecule has 4 atom stereocenters. The first kappa shape index (κ1) is 12.6. The number of rotatable bonds is 4. The molecule has 0 unspecified atom stereocenters. The van der Waals surface area contributed by atoms with Gasteiger partial charge in [0.1, 0.15) is 0 Å². The standard InChI is InChI=1S/C10H18O5/c11-3-1-2-6-7(4-12)9(14)10(15)8(6)5-13/h2,7-15H,1,3-5H2/t7-,8-,9+,10+/m0/s1. The van der Waals surface area contributed by atoms with Crippen LogP contribution in [0.15, 0.2) is 11.6 Å². The lowest BCUT2D eigenvalue weighted by Crippen LogP contribution is -2.30. The Balaban J connectivity index is 2.87. The van der Waals surface area contributed by atoms with Gasteiger partial charge in [-0.2, -0.15) is 0 Å². The maximum atomic E-state index is 9.60. The van der Waals surface area contributed by atoms with Gasteiger partial charge < -0.3 is 25.5 Å². The SMILES string of the molecule is OCCC=C1[C@H](CO)[C@@H](O)[C@H](O)[C@H]1CO. The van der Waals surface area contributed by atoms with Gasteiger partial charge in [-0.3, -0.25) is 0 Å². The van der Waals surface area contributed by atoms with Gasteiger partial charge in [0.05, 0.1) is 25.4 Å². The van der Waals surface area contributed by atoms with Crippen molar-refractivity contribution in [2.45, 2.75) is 18.6 Å². The van der Waals surface area contributed by atoms with Gasteiger partial charge in [0.2, 0.25) is 0 Å². The molecule has 0 aromatic rings. The summed E-state index contributed by atoms with van der Waals surface area (Å²) in [6.45, 7) is -0.579. The van der Waals surface area contributed by atoms with E-state index in [0.717, 1.165) is 0 Å². The Labute approximate surface area is 88.3 Å². The topological polar surface area (TPSA) is 101 Å². The van der Waals surface area contributed by atoms with E-state index < -0.39 is 24.0 Å². The third kappa shape index (κ3) is 2.38. The van der Waals surface area contributed by atoms with E-state index in [1.807, 2.05) is 0 Å². The largest absolute Gasteiger partial charge is 0.396 e. The highest BCUT2D eigenvalue weighted by Crippen LogP contribution is 2.36. The first-order valence-corrected chi connectivity index (χ1v) is 5.06. The molecule has 0 aromatic heterocycles. The van der Waals surface area contributed by atoms with Crippen molar-refractivity contribution in [3.05, 3.63) is 11.6 Å². The lowest BCUT2D eigenvalue weighted by Gasteiger charge is -2.13. The van der Waals surface area contributed by atoms with E-state index in [0.29, 0.717) is 12.0 Å². The second-order valence-corrected chi connectivity index (χ2v) is 3.78. The zero-order valence-electron chi connectivity index (χ0n) is 8.45. The minimum absolute atomic E-state index is 0.0357. The summed E-state index contributed by atoms with van der Waals surface area (Å²) in [7, 11) is 0. The van der Waals surface area contributed by atoms with Crippen LogP contribution in [-0.4, -0.2) is 57.6 Å². The van der Waals surface area contributed by atoms with Gasteiger partial charge in [0.25, 0.3) is 0 Å². The number of aliphatic hydroxyl groups excluding tert-OH is 5. The highest BCUT2D eigenvalue weighted by molar-refractivity contribution is 5.22. The van der Waals surface area contributed by atoms with Crippen LogP contribution in [0, 0.1) is 11.8 Å². The predicted octanol–water partition coefficient (Wildman–Crippen LogP) is -1.75. The van der Waals surface area contributed by atoms with Crippen molar-refractivity contribution in [3.63, 3.8) is 0 Å². The van der Waals surface area contributed by atoms with E-state index in [4.69, 9.17) is 15.3 Å². The van der Waals surface area contributed by atoms with Crippen LogP contribution in [0.3, 0.4) is 0 Å². The monoisotopic (exact) mass is 218 g/mol. The minimum Gasteiger partial charge on any atom is -0.396 e. The summed E-state index contributed by atoms with van der Waals surface area (Å²) < 4.78 is 0. The third-order valence-corrected chi connectivity index (χ3v) is 2.93. The molecule has 1 aliphatic carbocycles. The van der Waals surface area contributed by atoms with Crippen molar-refractivity contribution in [1.82, 2.24) is 0 Å². The molecule has 15 heavy (non-hydrogen) atoms. The summed E-state index contributed by atoms with van der Waals surface area (Å²) in [5.74, 6) is -1.08. The molecule has 0 saturated heterocycles. The first-order chi connectivity index (χ1) is 7.17. The lowest BCUT2D eigenvalue weighted by atomic mass is 9.96. The van der Waals surface area contributed by atoms with Crippen LogP contribution >= 0.6 is 0 Å². The lowest BCUT2D eigenvalue weighted by molar-refractivity contribution is -0.0135. The summed E-state index contributed by atoms with van der Waals surface area (Å²) >= 11 is 0. The maximum Gasteiger partial charge on any atom is 0.0893 e. The average molecular weight is 218 g/mol. The summed E-state index contributed by atoms with van der Waals surface area (Å²) in [6, 6.07) is 0. The normalized spacial score (nSPS) is 35.9. The molecule has 1 rings (SSSR count). The molecular weight excluding hydrogens is 200 g/mol. The molecule has 88 valence electrons. The molecule has 0 spiro atoms. The molecule has 5 heteroatoms. The van der Waals surface area contributed by atoms with Crippen molar-refractivity contribution in [2.24, 2.45) is 11.8 Å². The van der Waals surface area contributed by atoms with E-state index >= 15 is 0 Å². The highest BCUT2D eigenvalue weighted by atomic mass is 16.3. The van der Waals surface area contributed by atoms with E-state index in [1.165, 1.54) is 0 Å². The molecule has 0 amide bonds. The van der Waals surface area contributed by atoms with Crippen LogP contribution < -0.4 is 0 Å². The molecule has 1 aliphatic rings. The average Bonchev–Trinajstić information content (AvgIpc) is 2.48. The van der Waals surface area contributed by atoms with Crippen LogP contribution in [0.25, 0.3) is 0 Å². The van der Waals surface area contributed by atoms with Gasteiger partial charge >= 0.3 is 0 Å². The smallest absolute Gasteiger partial charge is 0.0893 e. The van der Waals surface area contributed by atoms with Crippen molar-refractivity contribution in [1.29, 1.82) is 0 Å². The van der Waals surface area contributed by atoms with Gasteiger partial charge in [0, 0.05) is 18.4 Å². The van der Waals surface area contributed by atoms with Gasteiger partial charge in [-0.15, -0.1) is 0 Å². The van der Waals surface area contributed by atoms with Crippen LogP contribution in [0.1, 0.15) is 6.42 Å². The molecule has 1 fully saturated rings. The van der Waals surface area contributed by atoms with Crippen molar-refractivity contribution in [2.75, 3.05) is 19.8 Å². The second-order valence-electron chi connectivity index (χ2n) is 3.78. The molecule has 0 aliphatic heterocycles. The zero-order chi connectivity index (χ0) is 11.4. The van der Waals surface area contributed by atoms with Crippen molar-refractivity contribution in [3.8, 4) is 0 Å². The Kier molecular flexibility index (Phi) is 4.69. The highest BCUT2D eigenvalue weighted by Gasteiger charge is 2.44. The van der Waals surface area contributed by atoms with Crippen molar-refractivity contribution < 1.29 is 25.5 Å². The fourth-order valence-electron chi connectivity index (χ4n) is 2.11. The third-order valence-electron chi connectivity index (χ3n) is 2.93. The second kappa shape index (κ2) is 5.58. The van der Waals surface area contributed by atoms with E-state index in [1.54, 1.807) is 6.08 Å². The molecule has 0 bridgehead atoms. The zero-order valence-corrected chi connectivity index (χ0v) is 8.45. The number of hydrogen-bond donors (Lipinski definition) is 5. The molecule has 5 nitrogen and oxygen atoms in total. The van der Waals surface area contributed by atoms with E-state index in [2.05, 4.69) is 0 Å². The van der Waals surface area contributed by atoms with Crippen LogP contribution in [-0.2, 0) is 0 Å². The quantitative estimate of drug-likeness (QED) is 0.360. The fourth-order valence-corrected chi connectivity index (χ4v) is 2.11. The minimum atomic E-state index is -1.04. The Hall–Kier alpha value is -0.460. The van der Waals surface area contributed by atoms with Crippen LogP contribution in [0.4, 0.5) is 0 Å². The Morgan fingerprint density at radius 2 is 1.40 bits per heavy atom. The van der Waals surface area contributed by atoms with Crippen LogP contribution in [0.2, 0.25) is 0 Å². The molecule has 0 aromatic carbocycles. The maximum absolute atomic E-state index is 9.60. The van der Waals surface area contributed by atoms with Gasteiger partial charge in [-0.05, 0) is 6.42 Å². The van der Waals surface area contributed by atoms with Gasteiger partial charge in [-0.1, -0.05) is 11.6 Å². The number of aliphatic hydroxyl groups is 5. The van der Waals surface area contributed by atoms with E-state index in [9.17, 15) is 10.2 Å². The molecular formula is C10H18O5. The number of hydrogen-bond acceptors (Lipinski definition) is 5. The first-order valence-electron chi connectivity index (χ1n) is 5.06. The summed E-state index contributed by atoms with van der Waals surface area (Å²) in [4.78, 5) is 0. The molecule has 1 saturated carbocycles. The Morgan fingerprint density at radius 3 is 1.73 bits per heavy atom. The molecule has 0 radical (unpaired) electrons. The summed E-state index contributed by atoms with van der Waals surface area (Å²) in [5.41, 5.74) is 0.633. The van der Waals surface area contributed by atoms with Gasteiger partial charge in [0.15, 0.2) is 0 Å². The van der Waals surface area contributed by atoms with E-state index in [-0.39, 0.29) is 19.8 Å². The van der Waals surface area contributed by atoms with Crippen molar-refractivity contribution >= 4 is 0 Å². The summed E-state index contributed by atoms with van der Waals surface area (Å²) in [5, 5.41) is 46.1. The Bertz CT molecular complexity index is 210. The van der Waals surface area contributed by atoms with Crippen LogP contribution in [0.5, 0.6) is 0 Å². The fraction of sp³-hybridized carbons (Fsp3) is 0.800. The van der Waals surface area contributed by atoms with Gasteiger partial charge in [-0.25, -0.2) is 0 Å².